The molecule has 0 aliphatic carbocycles. The monoisotopic (exact) mass is 676 g/mol. The van der Waals surface area contributed by atoms with Crippen LogP contribution >= 0.6 is 15.8 Å². The van der Waals surface area contributed by atoms with E-state index >= 15 is 0 Å². The van der Waals surface area contributed by atoms with Crippen molar-refractivity contribution in [1.29, 1.82) is 0 Å². The second kappa shape index (κ2) is 20.8. The molecule has 0 aliphatic heterocycles. The van der Waals surface area contributed by atoms with Crippen LogP contribution in [-0.2, 0) is 26.2 Å². The SMILES string of the molecule is C=CC=CC.CC(C)CP(CC(C)C)c1cc2ccccc2[cH-]1.CC(C)CP(CC(C)C)c1cc2ccccc2[cH-]1.[Zr+2]. The fraction of sp³-hybridized carbons (Fsp3) is 0.436. The van der Waals surface area contributed by atoms with Gasteiger partial charge in [0.15, 0.2) is 0 Å². The summed E-state index contributed by atoms with van der Waals surface area (Å²) in [4.78, 5) is 0. The third-order valence-corrected chi connectivity index (χ3v) is 13.3. The number of hydrogen-bond acceptors (Lipinski definition) is 0. The molecule has 3 heteroatoms. The van der Waals surface area contributed by atoms with Gasteiger partial charge >= 0.3 is 26.2 Å². The second-order valence-corrected chi connectivity index (χ2v) is 17.5. The molecule has 0 aromatic heterocycles. The Morgan fingerprint density at radius 2 is 0.952 bits per heavy atom. The molecule has 0 saturated carbocycles. The third-order valence-electron chi connectivity index (χ3n) is 6.61. The van der Waals surface area contributed by atoms with Crippen LogP contribution in [0.5, 0.6) is 0 Å². The largest absolute Gasteiger partial charge is 2.00 e. The summed E-state index contributed by atoms with van der Waals surface area (Å²) in [5.41, 5.74) is 0. The van der Waals surface area contributed by atoms with E-state index in [0.717, 1.165) is 23.7 Å². The third kappa shape index (κ3) is 14.1. The maximum absolute atomic E-state index is 3.46. The first kappa shape index (κ1) is 38.9. The first-order chi connectivity index (χ1) is 19.5. The Hall–Kier alpha value is -1.12. The van der Waals surface area contributed by atoms with Crippen molar-refractivity contribution in [3.05, 3.63) is 97.6 Å². The van der Waals surface area contributed by atoms with Crippen LogP contribution in [0.1, 0.15) is 62.3 Å². The number of rotatable bonds is 11. The van der Waals surface area contributed by atoms with Crippen molar-refractivity contribution in [2.45, 2.75) is 62.3 Å². The summed E-state index contributed by atoms with van der Waals surface area (Å²) in [6.45, 7) is 24.2. The molecular formula is C39H56P2Zr. The van der Waals surface area contributed by atoms with Crippen LogP contribution in [0.15, 0.2) is 97.6 Å². The minimum Gasteiger partial charge on any atom is -0.161 e. The van der Waals surface area contributed by atoms with Crippen LogP contribution in [0.2, 0.25) is 0 Å². The van der Waals surface area contributed by atoms with Gasteiger partial charge in [-0.25, -0.2) is 0 Å². The fourth-order valence-corrected chi connectivity index (χ4v) is 11.1. The Morgan fingerprint density at radius 1 is 0.619 bits per heavy atom. The smallest absolute Gasteiger partial charge is 0.161 e. The zero-order chi connectivity index (χ0) is 30.4. The standard InChI is InChI=1S/2C17H24P.C5H8.Zr/c2*1-13(2)11-18(12-14(3)4)17-9-15-7-5-6-8-16(15)10-17;1-3-5-4-2;/h2*5-10,13-14H,11-12H2,1-4H3;3-5H,1H2,2H3;/q2*-1;;+2. The topological polar surface area (TPSA) is 0 Å². The van der Waals surface area contributed by atoms with Crippen LogP contribution in [0.25, 0.3) is 21.5 Å². The van der Waals surface area contributed by atoms with Gasteiger partial charge < -0.3 is 0 Å². The molecule has 4 rings (SSSR count). The minimum absolute atomic E-state index is 0. The van der Waals surface area contributed by atoms with Gasteiger partial charge in [-0.3, -0.25) is 0 Å². The maximum Gasteiger partial charge on any atom is 2.00 e. The van der Waals surface area contributed by atoms with Crippen molar-refractivity contribution in [2.24, 2.45) is 23.7 Å². The van der Waals surface area contributed by atoms with Crippen LogP contribution in [0, 0.1) is 23.7 Å². The Morgan fingerprint density at radius 3 is 1.19 bits per heavy atom. The molecule has 0 atom stereocenters. The van der Waals surface area contributed by atoms with E-state index in [2.05, 4.69) is 135 Å². The normalized spacial score (nSPS) is 11.5. The van der Waals surface area contributed by atoms with E-state index < -0.39 is 0 Å². The quantitative estimate of drug-likeness (QED) is 0.0842. The molecule has 0 bridgehead atoms. The van der Waals surface area contributed by atoms with Gasteiger partial charge in [0, 0.05) is 0 Å². The van der Waals surface area contributed by atoms with Crippen LogP contribution in [0.3, 0.4) is 0 Å². The molecule has 0 unspecified atom stereocenters. The van der Waals surface area contributed by atoms with E-state index in [4.69, 9.17) is 0 Å². The molecular weight excluding hydrogens is 622 g/mol. The molecule has 42 heavy (non-hydrogen) atoms. The predicted molar refractivity (Wildman–Crippen MR) is 196 cm³/mol. The van der Waals surface area contributed by atoms with Crippen molar-refractivity contribution in [1.82, 2.24) is 0 Å². The van der Waals surface area contributed by atoms with Gasteiger partial charge in [0.25, 0.3) is 0 Å². The second-order valence-electron chi connectivity index (χ2n) is 12.8. The zero-order valence-corrected chi connectivity index (χ0v) is 32.1. The molecule has 0 nitrogen and oxygen atoms in total. The van der Waals surface area contributed by atoms with Crippen molar-refractivity contribution < 1.29 is 26.2 Å². The molecule has 0 radical (unpaired) electrons. The van der Waals surface area contributed by atoms with Crippen LogP contribution < -0.4 is 10.6 Å². The number of benzene rings is 2. The molecule has 0 N–H and O–H groups in total. The summed E-state index contributed by atoms with van der Waals surface area (Å²) in [5, 5.41) is 8.85. The van der Waals surface area contributed by atoms with Gasteiger partial charge in [0.1, 0.15) is 0 Å². The summed E-state index contributed by atoms with van der Waals surface area (Å²) in [6, 6.07) is 27.2. The van der Waals surface area contributed by atoms with E-state index in [9.17, 15) is 0 Å². The molecule has 0 spiro atoms. The summed E-state index contributed by atoms with van der Waals surface area (Å²) >= 11 is 0. The summed E-state index contributed by atoms with van der Waals surface area (Å²) in [6.07, 6.45) is 11.0. The molecule has 0 saturated heterocycles. The Bertz CT molecular complexity index is 1120. The van der Waals surface area contributed by atoms with Gasteiger partial charge in [-0.05, 0) is 55.2 Å². The van der Waals surface area contributed by atoms with Gasteiger partial charge in [0.05, 0.1) is 0 Å². The molecule has 0 amide bonds. The van der Waals surface area contributed by atoms with Gasteiger partial charge in [-0.15, -0.1) is 80.7 Å². The predicted octanol–water partition coefficient (Wildman–Crippen LogP) is 11.7. The number of fused-ring (bicyclic) bond motifs is 2. The molecule has 0 fully saturated rings. The zero-order valence-electron chi connectivity index (χ0n) is 27.9. The van der Waals surface area contributed by atoms with E-state index in [1.54, 1.807) is 16.7 Å². The van der Waals surface area contributed by atoms with E-state index in [1.807, 2.05) is 19.1 Å². The van der Waals surface area contributed by atoms with Crippen LogP contribution in [-0.4, -0.2) is 24.6 Å². The van der Waals surface area contributed by atoms with Gasteiger partial charge in [0.2, 0.25) is 0 Å². The van der Waals surface area contributed by atoms with E-state index in [1.165, 1.54) is 46.2 Å². The molecule has 0 heterocycles. The fourth-order valence-electron chi connectivity index (χ4n) is 5.10. The van der Waals surface area contributed by atoms with Crippen molar-refractivity contribution in [3.63, 3.8) is 0 Å². The average Bonchev–Trinajstić information content (AvgIpc) is 3.53. The van der Waals surface area contributed by atoms with E-state index in [-0.39, 0.29) is 42.0 Å². The average molecular weight is 678 g/mol. The van der Waals surface area contributed by atoms with Crippen LogP contribution in [0.4, 0.5) is 0 Å². The summed E-state index contributed by atoms with van der Waals surface area (Å²) in [7, 11) is 0.0370. The van der Waals surface area contributed by atoms with Crippen molar-refractivity contribution >= 4 is 48.0 Å². The van der Waals surface area contributed by atoms with E-state index in [0.29, 0.717) is 0 Å². The Kier molecular flexibility index (Phi) is 19.2. The molecule has 226 valence electrons. The first-order valence-electron chi connectivity index (χ1n) is 15.6. The minimum atomic E-state index is 0. The number of allylic oxidation sites excluding steroid dienone is 3. The first-order valence-corrected chi connectivity index (χ1v) is 19.0. The maximum atomic E-state index is 3.46. The Balaban J connectivity index is 0.000000355. The summed E-state index contributed by atoms with van der Waals surface area (Å²) < 4.78 is 0. The number of hydrogen-bond donors (Lipinski definition) is 0. The molecule has 4 aromatic rings. The Labute approximate surface area is 280 Å². The summed E-state index contributed by atoms with van der Waals surface area (Å²) in [5.74, 6) is 3.20. The van der Waals surface area contributed by atoms with Crippen molar-refractivity contribution in [3.8, 4) is 0 Å². The van der Waals surface area contributed by atoms with Crippen molar-refractivity contribution in [2.75, 3.05) is 24.6 Å². The van der Waals surface area contributed by atoms with Gasteiger partial charge in [-0.1, -0.05) is 108 Å². The molecule has 4 aromatic carbocycles. The van der Waals surface area contributed by atoms with Gasteiger partial charge in [-0.2, -0.15) is 12.1 Å². The molecule has 0 aliphatic rings.